The minimum atomic E-state index is -0.629. The number of ether oxygens (including phenoxy) is 2. The van der Waals surface area contributed by atoms with Crippen LogP contribution in [0.4, 0.5) is 0 Å². The van der Waals surface area contributed by atoms with Crippen LogP contribution in [0.25, 0.3) is 0 Å². The SMILES string of the molecule is COc1cnc(C(O)C2CC3CCC(C2)N3C)c(OC)n1. The van der Waals surface area contributed by atoms with E-state index >= 15 is 0 Å². The molecule has 0 amide bonds. The van der Waals surface area contributed by atoms with E-state index in [1.54, 1.807) is 0 Å². The summed E-state index contributed by atoms with van der Waals surface area (Å²) in [6, 6.07) is 1.17. The molecule has 1 aromatic heterocycles. The van der Waals surface area contributed by atoms with E-state index in [-0.39, 0.29) is 5.92 Å². The second-order valence-corrected chi connectivity index (χ2v) is 6.03. The summed E-state index contributed by atoms with van der Waals surface area (Å²) in [7, 11) is 5.27. The van der Waals surface area contributed by atoms with E-state index in [0.717, 1.165) is 12.8 Å². The zero-order valence-corrected chi connectivity index (χ0v) is 12.8. The van der Waals surface area contributed by atoms with Crippen LogP contribution in [0, 0.1) is 5.92 Å². The molecule has 6 nitrogen and oxygen atoms in total. The number of hydrogen-bond acceptors (Lipinski definition) is 6. The van der Waals surface area contributed by atoms with Gasteiger partial charge < -0.3 is 19.5 Å². The molecule has 0 saturated carbocycles. The molecule has 2 fully saturated rings. The Morgan fingerprint density at radius 2 is 1.90 bits per heavy atom. The van der Waals surface area contributed by atoms with Crippen molar-refractivity contribution in [3.05, 3.63) is 11.9 Å². The first kappa shape index (κ1) is 14.5. The maximum absolute atomic E-state index is 10.7. The summed E-state index contributed by atoms with van der Waals surface area (Å²) in [5.41, 5.74) is 0.521. The van der Waals surface area contributed by atoms with Gasteiger partial charge in [-0.05, 0) is 38.6 Å². The molecular formula is C15H23N3O3. The number of aliphatic hydroxyl groups excluding tert-OH is 1. The molecule has 3 atom stereocenters. The van der Waals surface area contributed by atoms with Gasteiger partial charge >= 0.3 is 0 Å². The highest BCUT2D eigenvalue weighted by molar-refractivity contribution is 5.25. The van der Waals surface area contributed by atoms with Crippen LogP contribution < -0.4 is 9.47 Å². The first-order chi connectivity index (χ1) is 10.1. The quantitative estimate of drug-likeness (QED) is 0.905. The van der Waals surface area contributed by atoms with Gasteiger partial charge in [-0.1, -0.05) is 0 Å². The van der Waals surface area contributed by atoms with E-state index < -0.39 is 6.10 Å². The average Bonchev–Trinajstić information content (AvgIpc) is 2.75. The minimum Gasteiger partial charge on any atom is -0.480 e. The number of nitrogens with zero attached hydrogens (tertiary/aromatic N) is 3. The lowest BCUT2D eigenvalue weighted by Crippen LogP contribution is -2.41. The van der Waals surface area contributed by atoms with Crippen LogP contribution in [0.1, 0.15) is 37.5 Å². The molecular weight excluding hydrogens is 270 g/mol. The van der Waals surface area contributed by atoms with Crippen LogP contribution in [0.3, 0.4) is 0 Å². The maximum Gasteiger partial charge on any atom is 0.241 e. The van der Waals surface area contributed by atoms with E-state index in [4.69, 9.17) is 9.47 Å². The molecule has 2 saturated heterocycles. The van der Waals surface area contributed by atoms with Gasteiger partial charge in [0, 0.05) is 12.1 Å². The minimum absolute atomic E-state index is 0.218. The van der Waals surface area contributed by atoms with E-state index in [2.05, 4.69) is 21.9 Å². The molecule has 2 bridgehead atoms. The van der Waals surface area contributed by atoms with Crippen LogP contribution in [0.5, 0.6) is 11.8 Å². The number of aliphatic hydroxyl groups is 1. The topological polar surface area (TPSA) is 67.7 Å². The highest BCUT2D eigenvalue weighted by Gasteiger charge is 2.42. The smallest absolute Gasteiger partial charge is 0.241 e. The highest BCUT2D eigenvalue weighted by atomic mass is 16.5. The monoisotopic (exact) mass is 293 g/mol. The Balaban J connectivity index is 1.81. The van der Waals surface area contributed by atoms with E-state index in [9.17, 15) is 5.11 Å². The number of rotatable bonds is 4. The van der Waals surface area contributed by atoms with Crippen molar-refractivity contribution in [2.45, 2.75) is 43.9 Å². The summed E-state index contributed by atoms with van der Waals surface area (Å²) in [6.45, 7) is 0. The fraction of sp³-hybridized carbons (Fsp3) is 0.733. The lowest BCUT2D eigenvalue weighted by molar-refractivity contribution is 0.0314. The second-order valence-electron chi connectivity index (χ2n) is 6.03. The van der Waals surface area contributed by atoms with Crippen molar-refractivity contribution in [3.63, 3.8) is 0 Å². The third-order valence-corrected chi connectivity index (χ3v) is 5.01. The first-order valence-electron chi connectivity index (χ1n) is 7.49. The number of aromatic nitrogens is 2. The van der Waals surface area contributed by atoms with Crippen molar-refractivity contribution in [3.8, 4) is 11.8 Å². The predicted molar refractivity (Wildman–Crippen MR) is 77.4 cm³/mol. The molecule has 1 N–H and O–H groups in total. The maximum atomic E-state index is 10.7. The summed E-state index contributed by atoms with van der Waals surface area (Å²) < 4.78 is 10.3. The molecule has 0 aliphatic carbocycles. The summed E-state index contributed by atoms with van der Waals surface area (Å²) in [5, 5.41) is 10.7. The zero-order valence-electron chi connectivity index (χ0n) is 12.8. The number of hydrogen-bond donors (Lipinski definition) is 1. The average molecular weight is 293 g/mol. The van der Waals surface area contributed by atoms with Gasteiger partial charge in [0.15, 0.2) is 0 Å². The van der Waals surface area contributed by atoms with Gasteiger partial charge in [0.2, 0.25) is 11.8 Å². The highest BCUT2D eigenvalue weighted by Crippen LogP contribution is 2.43. The van der Waals surface area contributed by atoms with Crippen molar-refractivity contribution in [1.29, 1.82) is 0 Å². The molecule has 116 valence electrons. The molecule has 0 spiro atoms. The molecule has 2 aliphatic heterocycles. The van der Waals surface area contributed by atoms with Gasteiger partial charge in [0.1, 0.15) is 11.8 Å². The van der Waals surface area contributed by atoms with Gasteiger partial charge in [-0.15, -0.1) is 0 Å². The van der Waals surface area contributed by atoms with Crippen LogP contribution >= 0.6 is 0 Å². The van der Waals surface area contributed by atoms with Crippen LogP contribution in [0.15, 0.2) is 6.20 Å². The Labute approximate surface area is 125 Å². The van der Waals surface area contributed by atoms with Gasteiger partial charge in [-0.2, -0.15) is 4.98 Å². The van der Waals surface area contributed by atoms with Crippen molar-refractivity contribution in [1.82, 2.24) is 14.9 Å². The summed E-state index contributed by atoms with van der Waals surface area (Å²) >= 11 is 0. The second kappa shape index (κ2) is 5.77. The number of piperidine rings is 1. The lowest BCUT2D eigenvalue weighted by atomic mass is 9.85. The molecule has 0 radical (unpaired) electrons. The molecule has 3 heterocycles. The zero-order chi connectivity index (χ0) is 15.0. The van der Waals surface area contributed by atoms with Crippen LogP contribution in [0.2, 0.25) is 0 Å². The fourth-order valence-electron chi connectivity index (χ4n) is 3.75. The van der Waals surface area contributed by atoms with E-state index in [1.807, 2.05) is 0 Å². The molecule has 3 unspecified atom stereocenters. The van der Waals surface area contributed by atoms with Crippen molar-refractivity contribution >= 4 is 0 Å². The molecule has 0 aromatic carbocycles. The Bertz CT molecular complexity index is 497. The molecule has 1 aromatic rings. The summed E-state index contributed by atoms with van der Waals surface area (Å²) in [4.78, 5) is 11.0. The van der Waals surface area contributed by atoms with Gasteiger partial charge in [0.25, 0.3) is 0 Å². The standard InChI is InChI=1S/C15H23N3O3/c1-18-10-4-5-11(18)7-9(6-10)14(19)13-15(21-3)17-12(20-2)8-16-13/h8-11,14,19H,4-7H2,1-3H3. The Kier molecular flexibility index (Phi) is 3.99. The van der Waals surface area contributed by atoms with Gasteiger partial charge in [-0.25, -0.2) is 4.98 Å². The van der Waals surface area contributed by atoms with Crippen LogP contribution in [-0.4, -0.2) is 53.3 Å². The van der Waals surface area contributed by atoms with Gasteiger partial charge in [0.05, 0.1) is 20.4 Å². The largest absolute Gasteiger partial charge is 0.480 e. The third-order valence-electron chi connectivity index (χ3n) is 5.01. The van der Waals surface area contributed by atoms with E-state index in [1.165, 1.54) is 33.3 Å². The Morgan fingerprint density at radius 1 is 1.24 bits per heavy atom. The summed E-state index contributed by atoms with van der Waals surface area (Å²) in [6.07, 6.45) is 5.38. The normalized spacial score (nSPS) is 30.2. The fourth-order valence-corrected chi connectivity index (χ4v) is 3.75. The van der Waals surface area contributed by atoms with Crippen molar-refractivity contribution < 1.29 is 14.6 Å². The summed E-state index contributed by atoms with van der Waals surface area (Å²) in [5.74, 6) is 0.967. The third kappa shape index (κ3) is 2.58. The molecule has 3 rings (SSSR count). The molecule has 6 heteroatoms. The van der Waals surface area contributed by atoms with Crippen molar-refractivity contribution in [2.75, 3.05) is 21.3 Å². The van der Waals surface area contributed by atoms with Gasteiger partial charge in [-0.3, -0.25) is 0 Å². The van der Waals surface area contributed by atoms with Crippen LogP contribution in [-0.2, 0) is 0 Å². The Hall–Kier alpha value is -1.40. The lowest BCUT2D eigenvalue weighted by Gasteiger charge is -2.38. The molecule has 2 aliphatic rings. The number of fused-ring (bicyclic) bond motifs is 2. The predicted octanol–water partition coefficient (Wildman–Crippen LogP) is 1.40. The van der Waals surface area contributed by atoms with E-state index in [0.29, 0.717) is 29.5 Å². The number of methoxy groups -OCH3 is 2. The van der Waals surface area contributed by atoms with Crippen molar-refractivity contribution in [2.24, 2.45) is 5.92 Å². The molecule has 21 heavy (non-hydrogen) atoms. The first-order valence-corrected chi connectivity index (χ1v) is 7.49. The Morgan fingerprint density at radius 3 is 2.48 bits per heavy atom.